The van der Waals surface area contributed by atoms with Gasteiger partial charge in [0.25, 0.3) is 11.3 Å². The lowest BCUT2D eigenvalue weighted by atomic mass is 9.58. The Hall–Kier alpha value is -10.6. The van der Waals surface area contributed by atoms with Crippen molar-refractivity contribution in [2.45, 2.75) is 24.9 Å². The first-order chi connectivity index (χ1) is 40.5. The molecule has 82 heavy (non-hydrogen) atoms. The summed E-state index contributed by atoms with van der Waals surface area (Å²) in [4.78, 5) is 0. The monoisotopic (exact) mass is 1040 g/mol. The second-order valence-electron chi connectivity index (χ2n) is 23.7. The predicted molar refractivity (Wildman–Crippen MR) is 331 cm³/mol. The largest absolute Gasteiger partial charge is 0.309 e. The Morgan fingerprint density at radius 2 is 0.866 bits per heavy atom. The zero-order valence-electron chi connectivity index (χ0n) is 44.8. The number of benzene rings is 11. The van der Waals surface area contributed by atoms with Gasteiger partial charge in [0, 0.05) is 72.2 Å². The van der Waals surface area contributed by atoms with Crippen molar-refractivity contribution in [2.24, 2.45) is 0 Å². The highest BCUT2D eigenvalue weighted by molar-refractivity contribution is 6.24. The number of rotatable bonds is 3. The molecule has 6 heteroatoms. The average molecular weight is 1040 g/mol. The first kappa shape index (κ1) is 42.4. The van der Waals surface area contributed by atoms with E-state index in [9.17, 15) is 0 Å². The van der Waals surface area contributed by atoms with Crippen LogP contribution in [0, 0.1) is 13.8 Å². The highest BCUT2D eigenvalue weighted by atomic mass is 15.4. The minimum Gasteiger partial charge on any atom is -0.309 e. The molecule has 0 fully saturated rings. The highest BCUT2D eigenvalue weighted by Gasteiger charge is 2.69. The second-order valence-corrected chi connectivity index (χ2v) is 23.7. The molecule has 8 heterocycles. The number of hydrogen-bond acceptors (Lipinski definition) is 0. The molecule has 6 nitrogen and oxygen atoms in total. The topological polar surface area (TPSA) is 26.4 Å². The van der Waals surface area contributed by atoms with Gasteiger partial charge in [-0.05, 0) is 107 Å². The molecule has 21 rings (SSSR count). The maximum atomic E-state index is 2.75. The fourth-order valence-corrected chi connectivity index (χ4v) is 17.4. The van der Waals surface area contributed by atoms with E-state index in [0.717, 1.165) is 11.4 Å². The Balaban J connectivity index is 1.00. The van der Waals surface area contributed by atoms with Crippen molar-refractivity contribution in [1.29, 1.82) is 0 Å². The van der Waals surface area contributed by atoms with Crippen molar-refractivity contribution in [1.82, 2.24) is 17.9 Å². The molecular formula is C76H46N6+2. The summed E-state index contributed by atoms with van der Waals surface area (Å²) >= 11 is 0. The molecule has 0 bridgehead atoms. The van der Waals surface area contributed by atoms with Crippen LogP contribution >= 0.6 is 0 Å². The van der Waals surface area contributed by atoms with Gasteiger partial charge < -0.3 is 9.13 Å². The van der Waals surface area contributed by atoms with Crippen molar-refractivity contribution in [3.63, 3.8) is 0 Å². The van der Waals surface area contributed by atoms with Crippen LogP contribution in [-0.4, -0.2) is 17.9 Å². The lowest BCUT2D eigenvalue weighted by Gasteiger charge is -2.43. The summed E-state index contributed by atoms with van der Waals surface area (Å²) in [5.41, 5.74) is 26.2. The quantitative estimate of drug-likeness (QED) is 0.125. The minimum absolute atomic E-state index is 0.620. The average Bonchev–Trinajstić information content (AvgIpc) is 1.48. The van der Waals surface area contributed by atoms with E-state index in [2.05, 4.69) is 284 Å². The van der Waals surface area contributed by atoms with E-state index in [-0.39, 0.29) is 0 Å². The molecule has 0 amide bonds. The summed E-state index contributed by atoms with van der Waals surface area (Å²) < 4.78 is 15.6. The minimum atomic E-state index is -0.813. The molecule has 2 aliphatic heterocycles. The van der Waals surface area contributed by atoms with Gasteiger partial charge in [-0.3, -0.25) is 0 Å². The fraction of sp³-hybridized carbons (Fsp3) is 0.0526. The first-order valence-electron chi connectivity index (χ1n) is 28.8. The molecule has 0 saturated heterocycles. The molecule has 1 atom stereocenters. The maximum absolute atomic E-state index is 2.75. The van der Waals surface area contributed by atoms with Crippen LogP contribution in [0.4, 0.5) is 0 Å². The van der Waals surface area contributed by atoms with E-state index in [1.807, 2.05) is 0 Å². The molecule has 0 radical (unpaired) electrons. The number of nitrogens with zero attached hydrogens (tertiary/aromatic N) is 6. The van der Waals surface area contributed by atoms with Gasteiger partial charge >= 0.3 is 5.66 Å². The number of hydrogen-bond donors (Lipinski definition) is 0. The van der Waals surface area contributed by atoms with Crippen LogP contribution in [0.3, 0.4) is 0 Å². The molecule has 11 aromatic carbocycles. The Morgan fingerprint density at radius 3 is 1.46 bits per heavy atom. The molecule has 378 valence electrons. The van der Waals surface area contributed by atoms with Crippen LogP contribution in [-0.2, 0) is 11.1 Å². The molecule has 17 aromatic rings. The summed E-state index contributed by atoms with van der Waals surface area (Å²) in [6, 6.07) is 85.3. The lowest BCUT2D eigenvalue weighted by molar-refractivity contribution is -0.944. The number of aromatic nitrogens is 6. The summed E-state index contributed by atoms with van der Waals surface area (Å²) in [6.45, 7) is 4.59. The summed E-state index contributed by atoms with van der Waals surface area (Å²) in [7, 11) is 0. The van der Waals surface area contributed by atoms with E-state index in [1.54, 1.807) is 0 Å². The van der Waals surface area contributed by atoms with Gasteiger partial charge in [-0.15, -0.1) is 0 Å². The van der Waals surface area contributed by atoms with Gasteiger partial charge in [0.05, 0.1) is 49.4 Å². The van der Waals surface area contributed by atoms with Crippen LogP contribution in [0.25, 0.3) is 132 Å². The van der Waals surface area contributed by atoms with Gasteiger partial charge in [-0.25, -0.2) is 0 Å². The highest BCUT2D eigenvalue weighted by Crippen LogP contribution is 2.66. The molecule has 0 saturated carbocycles. The summed E-state index contributed by atoms with van der Waals surface area (Å²) in [5, 5.41) is 12.7. The Kier molecular flexibility index (Phi) is 7.27. The molecule has 4 aliphatic rings. The van der Waals surface area contributed by atoms with Gasteiger partial charge in [0.2, 0.25) is 0 Å². The smallest absolute Gasteiger partial charge is 0.308 e. The Morgan fingerprint density at radius 1 is 0.366 bits per heavy atom. The number of imidazole rings is 2. The Bertz CT molecular complexity index is 5840. The van der Waals surface area contributed by atoms with Crippen molar-refractivity contribution in [2.75, 3.05) is 0 Å². The van der Waals surface area contributed by atoms with Gasteiger partial charge in [-0.2, -0.15) is 17.9 Å². The summed E-state index contributed by atoms with van der Waals surface area (Å²) in [6.07, 6.45) is 7.36. The SMILES string of the molecule is Cc1cccc(C)c1-c1c[n+]2c3c4c5c(ccc4c4cc6c7ccccc7n(-c7ccccc7)c6cc4n13)C1(c3ccccc3-c3ccccc31)c1ccc3c4cc6c7ccccc7n(-c7ccccc7)c6cc4n4cc[n+]6c4c3c1C562. The first-order valence-corrected chi connectivity index (χ1v) is 28.8. The standard InChI is InChI=1S/C76H46N6/c1-43-18-17-19-44(2)68(43)67-42-79-74-70-52(56-39-54-50-27-12-16-31-62(50)81(46-22-7-4-8-23-46)65(54)41-66(56)82(67)74)33-35-60-72(70)76(79)71-59(75(60)57-28-13-9-24-47(57)48-25-10-14-29-58(48)75)34-32-51-55-38-53-49-26-11-15-30-61(49)80(45-20-5-3-6-21-45)64(53)40-63(55)77-36-37-78(76)73(77)69(51)71/h3-42H,1-2H3/q+2. The second kappa shape index (κ2) is 14.1. The maximum Gasteiger partial charge on any atom is 0.308 e. The fourth-order valence-electron chi connectivity index (χ4n) is 17.4. The van der Waals surface area contributed by atoms with Crippen LogP contribution in [0.2, 0.25) is 0 Å². The van der Waals surface area contributed by atoms with Crippen LogP contribution < -0.4 is 9.13 Å². The number of para-hydroxylation sites is 4. The van der Waals surface area contributed by atoms with E-state index in [1.165, 1.54) is 165 Å². The molecule has 2 aliphatic carbocycles. The molecule has 2 spiro atoms. The lowest BCUT2D eigenvalue weighted by Crippen LogP contribution is -2.72. The van der Waals surface area contributed by atoms with Gasteiger partial charge in [0.15, 0.2) is 5.69 Å². The molecule has 0 N–H and O–H groups in total. The van der Waals surface area contributed by atoms with Gasteiger partial charge in [0.1, 0.15) is 29.6 Å². The predicted octanol–water partition coefficient (Wildman–Crippen LogP) is 16.5. The summed E-state index contributed by atoms with van der Waals surface area (Å²) in [5.74, 6) is 0. The normalized spacial score (nSPS) is 15.8. The van der Waals surface area contributed by atoms with Crippen molar-refractivity contribution in [3.8, 4) is 33.8 Å². The van der Waals surface area contributed by atoms with Crippen LogP contribution in [0.5, 0.6) is 0 Å². The molecule has 6 aromatic heterocycles. The van der Waals surface area contributed by atoms with E-state index >= 15 is 0 Å². The van der Waals surface area contributed by atoms with Crippen molar-refractivity contribution in [3.05, 3.63) is 288 Å². The third-order valence-electron chi connectivity index (χ3n) is 20.2. The number of fused-ring (bicyclic) bond motifs is 19. The van der Waals surface area contributed by atoms with E-state index in [0.29, 0.717) is 0 Å². The Labute approximate surface area is 469 Å². The molecule has 1 unspecified atom stereocenters. The van der Waals surface area contributed by atoms with Gasteiger partial charge in [-0.1, -0.05) is 164 Å². The van der Waals surface area contributed by atoms with E-state index in [4.69, 9.17) is 0 Å². The number of pyridine rings is 2. The van der Waals surface area contributed by atoms with Crippen molar-refractivity contribution < 1.29 is 9.13 Å². The van der Waals surface area contributed by atoms with E-state index < -0.39 is 11.1 Å². The molecular weight excluding hydrogens is 997 g/mol. The zero-order valence-corrected chi connectivity index (χ0v) is 44.8. The third kappa shape index (κ3) is 4.45. The van der Waals surface area contributed by atoms with Crippen molar-refractivity contribution >= 4 is 98.3 Å². The van der Waals surface area contributed by atoms with Crippen LogP contribution in [0.15, 0.2) is 243 Å². The zero-order chi connectivity index (χ0) is 53.2. The third-order valence-corrected chi connectivity index (χ3v) is 20.2. The number of aryl methyl sites for hydroxylation is 2. The van der Waals surface area contributed by atoms with Crippen LogP contribution in [0.1, 0.15) is 44.5 Å².